The van der Waals surface area contributed by atoms with Crippen LogP contribution in [-0.4, -0.2) is 14.3 Å². The van der Waals surface area contributed by atoms with Crippen LogP contribution in [0.25, 0.3) is 10.9 Å². The molecule has 3 aromatic rings. The van der Waals surface area contributed by atoms with Gasteiger partial charge in [-0.25, -0.2) is 0 Å². The highest BCUT2D eigenvalue weighted by atomic mass is 35.5. The van der Waals surface area contributed by atoms with E-state index in [1.165, 1.54) is 0 Å². The van der Waals surface area contributed by atoms with Gasteiger partial charge in [0.25, 0.3) is 0 Å². The van der Waals surface area contributed by atoms with E-state index in [1.54, 1.807) is 0 Å². The molecule has 4 nitrogen and oxygen atoms in total. The highest BCUT2D eigenvalue weighted by Gasteiger charge is 2.13. The second kappa shape index (κ2) is 4.31. The summed E-state index contributed by atoms with van der Waals surface area (Å²) in [5, 5.41) is 6.19. The minimum absolute atomic E-state index is 0.661. The largest absolute Gasteiger partial charge is 0.397 e. The maximum Gasteiger partial charge on any atom is 0.0865 e. The molecule has 0 fully saturated rings. The van der Waals surface area contributed by atoms with Crippen molar-refractivity contribution in [3.63, 3.8) is 0 Å². The molecule has 0 radical (unpaired) electrons. The van der Waals surface area contributed by atoms with E-state index in [1.807, 2.05) is 37.0 Å². The molecule has 1 aromatic carbocycles. The van der Waals surface area contributed by atoms with E-state index in [2.05, 4.69) is 21.8 Å². The molecule has 0 aliphatic rings. The summed E-state index contributed by atoms with van der Waals surface area (Å²) < 4.78 is 3.93. The van der Waals surface area contributed by atoms with Crippen molar-refractivity contribution in [2.45, 2.75) is 13.5 Å². The first-order chi connectivity index (χ1) is 9.08. The fourth-order valence-electron chi connectivity index (χ4n) is 2.44. The van der Waals surface area contributed by atoms with Gasteiger partial charge in [0.15, 0.2) is 0 Å². The van der Waals surface area contributed by atoms with Gasteiger partial charge in [-0.2, -0.15) is 5.10 Å². The Balaban J connectivity index is 2.11. The fourth-order valence-corrected chi connectivity index (χ4v) is 2.66. The topological polar surface area (TPSA) is 48.8 Å². The zero-order valence-corrected chi connectivity index (χ0v) is 11.6. The first kappa shape index (κ1) is 12.1. The predicted octanol–water partition coefficient (Wildman–Crippen LogP) is 2.97. The molecule has 3 rings (SSSR count). The van der Waals surface area contributed by atoms with Crippen molar-refractivity contribution in [3.05, 3.63) is 46.9 Å². The number of halogens is 1. The number of rotatable bonds is 2. The van der Waals surface area contributed by atoms with Crippen LogP contribution in [0.5, 0.6) is 0 Å². The molecule has 0 bridgehead atoms. The second-order valence-electron chi connectivity index (χ2n) is 4.70. The highest BCUT2D eigenvalue weighted by molar-refractivity contribution is 6.31. The van der Waals surface area contributed by atoms with Crippen LogP contribution in [0.2, 0.25) is 5.02 Å². The molecular weight excluding hydrogens is 260 g/mol. The van der Waals surface area contributed by atoms with Gasteiger partial charge < -0.3 is 10.3 Å². The minimum atomic E-state index is 0.661. The van der Waals surface area contributed by atoms with Gasteiger partial charge in [0.1, 0.15) is 0 Å². The first-order valence-corrected chi connectivity index (χ1v) is 6.47. The van der Waals surface area contributed by atoms with Crippen LogP contribution >= 0.6 is 11.6 Å². The standard InChI is InChI=1S/C14H15ClN4/c1-9-13(15)12(18(2)17-9)8-19-7-6-10-4-3-5-11(16)14(10)19/h3-7H,8,16H2,1-2H3. The number of benzene rings is 1. The van der Waals surface area contributed by atoms with Gasteiger partial charge in [0.05, 0.1) is 34.2 Å². The van der Waals surface area contributed by atoms with Crippen molar-refractivity contribution in [3.8, 4) is 0 Å². The molecule has 2 N–H and O–H groups in total. The summed E-state index contributed by atoms with van der Waals surface area (Å²) in [6.07, 6.45) is 2.03. The average molecular weight is 275 g/mol. The van der Waals surface area contributed by atoms with Crippen LogP contribution in [0.4, 0.5) is 5.69 Å². The molecule has 2 heterocycles. The highest BCUT2D eigenvalue weighted by Crippen LogP contribution is 2.25. The molecule has 98 valence electrons. The molecule has 2 aromatic heterocycles. The molecule has 0 saturated heterocycles. The summed E-state index contributed by atoms with van der Waals surface area (Å²) in [5.74, 6) is 0. The van der Waals surface area contributed by atoms with Crippen molar-refractivity contribution in [2.75, 3.05) is 5.73 Å². The Labute approximate surface area is 116 Å². The number of hydrogen-bond donors (Lipinski definition) is 1. The van der Waals surface area contributed by atoms with E-state index in [0.29, 0.717) is 6.54 Å². The first-order valence-electron chi connectivity index (χ1n) is 6.09. The number of aromatic nitrogens is 3. The monoisotopic (exact) mass is 274 g/mol. The van der Waals surface area contributed by atoms with Crippen LogP contribution in [0.3, 0.4) is 0 Å². The van der Waals surface area contributed by atoms with Gasteiger partial charge in [-0.3, -0.25) is 4.68 Å². The lowest BCUT2D eigenvalue weighted by Gasteiger charge is -2.08. The Kier molecular flexibility index (Phi) is 2.75. The van der Waals surface area contributed by atoms with Gasteiger partial charge in [-0.1, -0.05) is 23.7 Å². The number of nitrogens with zero attached hydrogens (tertiary/aromatic N) is 3. The SMILES string of the molecule is Cc1nn(C)c(Cn2ccc3cccc(N)c32)c1Cl. The molecule has 19 heavy (non-hydrogen) atoms. The van der Waals surface area contributed by atoms with Crippen molar-refractivity contribution in [2.24, 2.45) is 7.05 Å². The number of fused-ring (bicyclic) bond motifs is 1. The smallest absolute Gasteiger partial charge is 0.0865 e. The number of aryl methyl sites for hydroxylation is 2. The summed E-state index contributed by atoms with van der Waals surface area (Å²) >= 11 is 6.29. The number of para-hydroxylation sites is 1. The lowest BCUT2D eigenvalue weighted by Crippen LogP contribution is -2.06. The number of hydrogen-bond acceptors (Lipinski definition) is 2. The van der Waals surface area contributed by atoms with Crippen LogP contribution < -0.4 is 5.73 Å². The van der Waals surface area contributed by atoms with Crippen LogP contribution in [0, 0.1) is 6.92 Å². The Morgan fingerprint density at radius 3 is 2.79 bits per heavy atom. The van der Waals surface area contributed by atoms with Crippen molar-refractivity contribution in [1.29, 1.82) is 0 Å². The van der Waals surface area contributed by atoms with Crippen LogP contribution in [0.1, 0.15) is 11.4 Å². The van der Waals surface area contributed by atoms with E-state index < -0.39 is 0 Å². The molecule has 0 aliphatic heterocycles. The second-order valence-corrected chi connectivity index (χ2v) is 5.08. The fraction of sp³-hybridized carbons (Fsp3) is 0.214. The quantitative estimate of drug-likeness (QED) is 0.731. The Hall–Kier alpha value is -1.94. The predicted molar refractivity (Wildman–Crippen MR) is 78.4 cm³/mol. The lowest BCUT2D eigenvalue weighted by atomic mass is 10.2. The minimum Gasteiger partial charge on any atom is -0.397 e. The zero-order valence-electron chi connectivity index (χ0n) is 10.9. The van der Waals surface area contributed by atoms with Crippen LogP contribution in [0.15, 0.2) is 30.5 Å². The molecule has 0 spiro atoms. The molecule has 5 heteroatoms. The van der Waals surface area contributed by atoms with Gasteiger partial charge in [-0.15, -0.1) is 0 Å². The maximum atomic E-state index is 6.29. The molecule has 0 saturated carbocycles. The lowest BCUT2D eigenvalue weighted by molar-refractivity contribution is 0.673. The van der Waals surface area contributed by atoms with Gasteiger partial charge in [0, 0.05) is 18.6 Å². The van der Waals surface area contributed by atoms with Crippen LogP contribution in [-0.2, 0) is 13.6 Å². The number of nitrogen functional groups attached to an aromatic ring is 1. The maximum absolute atomic E-state index is 6.29. The summed E-state index contributed by atoms with van der Waals surface area (Å²) in [4.78, 5) is 0. The van der Waals surface area contributed by atoms with Gasteiger partial charge >= 0.3 is 0 Å². The summed E-state index contributed by atoms with van der Waals surface area (Å²) in [6.45, 7) is 2.57. The van der Waals surface area contributed by atoms with E-state index in [4.69, 9.17) is 17.3 Å². The van der Waals surface area contributed by atoms with Crippen molar-refractivity contribution in [1.82, 2.24) is 14.3 Å². The average Bonchev–Trinajstić information content (AvgIpc) is 2.88. The van der Waals surface area contributed by atoms with E-state index in [0.717, 1.165) is 33.0 Å². The normalized spacial score (nSPS) is 11.3. The van der Waals surface area contributed by atoms with E-state index in [-0.39, 0.29) is 0 Å². The molecular formula is C14H15ClN4. The summed E-state index contributed by atoms with van der Waals surface area (Å²) in [7, 11) is 1.91. The van der Waals surface area contributed by atoms with Crippen molar-refractivity contribution >= 4 is 28.2 Å². The Morgan fingerprint density at radius 2 is 2.11 bits per heavy atom. The third-order valence-electron chi connectivity index (χ3n) is 3.40. The third-order valence-corrected chi connectivity index (χ3v) is 3.89. The van der Waals surface area contributed by atoms with Gasteiger partial charge in [-0.05, 0) is 19.1 Å². The van der Waals surface area contributed by atoms with Gasteiger partial charge in [0.2, 0.25) is 0 Å². The van der Waals surface area contributed by atoms with E-state index >= 15 is 0 Å². The Morgan fingerprint density at radius 1 is 1.32 bits per heavy atom. The third kappa shape index (κ3) is 1.88. The summed E-state index contributed by atoms with van der Waals surface area (Å²) in [5.41, 5.74) is 9.71. The zero-order chi connectivity index (χ0) is 13.6. The number of nitrogens with two attached hydrogens (primary N) is 1. The van der Waals surface area contributed by atoms with Crippen molar-refractivity contribution < 1.29 is 0 Å². The molecule has 0 atom stereocenters. The Bertz CT molecular complexity index is 754. The summed E-state index contributed by atoms with van der Waals surface area (Å²) in [6, 6.07) is 7.99. The van der Waals surface area contributed by atoms with E-state index in [9.17, 15) is 0 Å². The molecule has 0 amide bonds. The molecule has 0 aliphatic carbocycles. The number of anilines is 1. The molecule has 0 unspecified atom stereocenters.